The molecular weight excluding hydrogens is 1210 g/mol. The number of aromatic nitrogens is 2. The van der Waals surface area contributed by atoms with E-state index < -0.39 is 151 Å². The van der Waals surface area contributed by atoms with E-state index in [1.807, 2.05) is 24.3 Å². The van der Waals surface area contributed by atoms with Gasteiger partial charge in [-0.05, 0) is 79.0 Å². The number of hydrogen-bond donors (Lipinski definition) is 16. The van der Waals surface area contributed by atoms with Gasteiger partial charge in [-0.2, -0.15) is 0 Å². The molecule has 500 valence electrons. The number of hydrogen-bond acceptors (Lipinski definition) is 15. The number of aromatic amines is 2. The Balaban J connectivity index is 1.13. The second kappa shape index (κ2) is 34.7. The number of aliphatic carboxylic acids is 2. The van der Waals surface area contributed by atoms with Crippen LogP contribution in [0, 0.1) is 5.92 Å². The van der Waals surface area contributed by atoms with Gasteiger partial charge in [-0.15, -0.1) is 0 Å². The van der Waals surface area contributed by atoms with E-state index in [9.17, 15) is 82.8 Å². The summed E-state index contributed by atoms with van der Waals surface area (Å²) < 4.78 is 0. The van der Waals surface area contributed by atoms with Gasteiger partial charge in [0, 0.05) is 80.4 Å². The normalized spacial score (nSPS) is 15.3. The lowest BCUT2D eigenvalue weighted by Crippen LogP contribution is -2.61. The summed E-state index contributed by atoms with van der Waals surface area (Å²) in [6.07, 6.45) is 3.03. The van der Waals surface area contributed by atoms with Crippen LogP contribution in [0.4, 0.5) is 0 Å². The van der Waals surface area contributed by atoms with Crippen LogP contribution in [-0.2, 0) is 81.6 Å². The van der Waals surface area contributed by atoms with Gasteiger partial charge in [0.1, 0.15) is 54.1 Å². The van der Waals surface area contributed by atoms with Crippen LogP contribution in [0.1, 0.15) is 89.3 Å². The molecule has 30 nitrogen and oxygen atoms in total. The van der Waals surface area contributed by atoms with E-state index in [0.717, 1.165) is 21.8 Å². The highest BCUT2D eigenvalue weighted by Crippen LogP contribution is 2.23. The van der Waals surface area contributed by atoms with Crippen molar-refractivity contribution < 1.29 is 82.8 Å². The maximum absolute atomic E-state index is 14.5. The van der Waals surface area contributed by atoms with Gasteiger partial charge in [0.25, 0.3) is 0 Å². The first-order valence-corrected chi connectivity index (χ1v) is 30.5. The fraction of sp³-hybridized carbons (Fsp3) is 0.444. The summed E-state index contributed by atoms with van der Waals surface area (Å²) in [5, 5.41) is 66.6. The monoisotopic (exact) mass is 1290 g/mol. The molecule has 0 saturated carbocycles. The van der Waals surface area contributed by atoms with Gasteiger partial charge in [-0.1, -0.05) is 68.8 Å². The number of fused-ring (bicyclic) bond motifs is 2. The average molecular weight is 1290 g/mol. The fourth-order valence-corrected chi connectivity index (χ4v) is 10.6. The molecule has 3 heterocycles. The molecule has 1 aliphatic heterocycles. The molecule has 6 rings (SSSR count). The number of amides is 11. The molecule has 11 amide bonds. The Hall–Kier alpha value is -10.4. The van der Waals surface area contributed by atoms with E-state index >= 15 is 0 Å². The lowest BCUT2D eigenvalue weighted by atomic mass is 9.97. The Bertz CT molecular complexity index is 3520. The number of likely N-dealkylation sites (tertiary alicyclic amines) is 1. The molecule has 93 heavy (non-hydrogen) atoms. The number of phenols is 1. The lowest BCUT2D eigenvalue weighted by molar-refractivity contribution is -0.142. The van der Waals surface area contributed by atoms with Crippen molar-refractivity contribution >= 4 is 98.7 Å². The number of unbranched alkanes of at least 4 members (excludes halogenated alkanes) is 1. The number of carboxylic acid groups (broad SMARTS) is 2. The third-order valence-corrected chi connectivity index (χ3v) is 15.8. The van der Waals surface area contributed by atoms with Gasteiger partial charge in [-0.25, -0.2) is 4.79 Å². The van der Waals surface area contributed by atoms with Crippen LogP contribution in [-0.4, -0.2) is 193 Å². The van der Waals surface area contributed by atoms with Gasteiger partial charge in [0.05, 0.1) is 26.1 Å². The Morgan fingerprint density at radius 1 is 0.581 bits per heavy atom. The van der Waals surface area contributed by atoms with Crippen LogP contribution in [0.15, 0.2) is 85.2 Å². The lowest BCUT2D eigenvalue weighted by Gasteiger charge is -2.28. The van der Waals surface area contributed by atoms with Crippen molar-refractivity contribution in [2.24, 2.45) is 5.92 Å². The first-order valence-electron chi connectivity index (χ1n) is 30.5. The zero-order chi connectivity index (χ0) is 67.9. The minimum atomic E-state index is -1.92. The summed E-state index contributed by atoms with van der Waals surface area (Å²) in [7, 11) is 0. The summed E-state index contributed by atoms with van der Waals surface area (Å²) in [6.45, 7) is 3.89. The number of rotatable bonds is 35. The number of aliphatic hydroxyl groups is 1. The minimum absolute atomic E-state index is 0.0929. The second-order valence-electron chi connectivity index (χ2n) is 22.8. The molecule has 5 aromatic rings. The second-order valence-corrected chi connectivity index (χ2v) is 22.8. The third-order valence-electron chi connectivity index (χ3n) is 15.8. The van der Waals surface area contributed by atoms with Gasteiger partial charge in [-0.3, -0.25) is 57.5 Å². The van der Waals surface area contributed by atoms with E-state index in [-0.39, 0.29) is 76.1 Å². The number of para-hydroxylation sites is 2. The third kappa shape index (κ3) is 21.4. The summed E-state index contributed by atoms with van der Waals surface area (Å²) in [5.41, 5.74) is 3.14. The number of carbonyl (C=O) groups is 13. The minimum Gasteiger partial charge on any atom is -0.508 e. The standard InChI is InChI=1S/C63H81N13O17/c1-5-34(2)55(62(91)68-31-52(81)67-32-53(82)69-47(26-38-29-65-43-15-8-6-13-41(38)43)57(86)73-49(63(92)93)27-39-30-66-44-16-9-7-14-42(39)44)75-59(88)46(25-37-19-21-40(80)22-20-37)71-56(85)45(17-10-11-23-64-35(3)78)70-58(87)48(28-54(83)84)72-60(89)50(33-77)74-61(90)51-18-12-24-76(51)36(4)79/h6-9,13-16,19-22,29-30,34,45-51,55,65-66,77,80H,5,10-12,17-18,23-28,31-33H2,1-4H3,(H,64,78)(H,67,81)(H,68,91)(H,69,82)(H,70,87)(H,71,85)(H,72,89)(H,73,86)(H,74,90)(H,75,88)(H,83,84)(H,92,93)/t34-,45-,46-,47-,48-,49-,50-,51-,55-/m0/s1. The number of benzene rings is 3. The molecule has 0 bridgehead atoms. The molecule has 2 aromatic heterocycles. The molecule has 1 aliphatic rings. The van der Waals surface area contributed by atoms with Gasteiger partial charge in [0.15, 0.2) is 0 Å². The Morgan fingerprint density at radius 3 is 1.71 bits per heavy atom. The van der Waals surface area contributed by atoms with Crippen molar-refractivity contribution in [3.05, 3.63) is 102 Å². The van der Waals surface area contributed by atoms with Crippen LogP contribution >= 0.6 is 0 Å². The fourth-order valence-electron chi connectivity index (χ4n) is 10.6. The molecule has 30 heteroatoms. The summed E-state index contributed by atoms with van der Waals surface area (Å²) in [4.78, 5) is 181. The van der Waals surface area contributed by atoms with Crippen molar-refractivity contribution in [3.8, 4) is 5.75 Å². The van der Waals surface area contributed by atoms with Gasteiger partial charge < -0.3 is 88.5 Å². The van der Waals surface area contributed by atoms with Crippen LogP contribution in [0.5, 0.6) is 5.75 Å². The number of aromatic hydroxyl groups is 1. The van der Waals surface area contributed by atoms with Crippen LogP contribution in [0.3, 0.4) is 0 Å². The maximum Gasteiger partial charge on any atom is 0.326 e. The highest BCUT2D eigenvalue weighted by Gasteiger charge is 2.38. The molecule has 1 saturated heterocycles. The van der Waals surface area contributed by atoms with E-state index in [2.05, 4.69) is 63.1 Å². The topological polar surface area (TPSA) is 458 Å². The number of nitrogens with one attached hydrogen (secondary N) is 12. The zero-order valence-electron chi connectivity index (χ0n) is 51.9. The molecule has 3 aromatic carbocycles. The molecule has 0 unspecified atom stereocenters. The van der Waals surface area contributed by atoms with E-state index in [0.29, 0.717) is 23.1 Å². The smallest absolute Gasteiger partial charge is 0.326 e. The first-order chi connectivity index (χ1) is 44.3. The van der Waals surface area contributed by atoms with Crippen molar-refractivity contribution in [1.82, 2.24) is 68.0 Å². The number of carboxylic acids is 2. The largest absolute Gasteiger partial charge is 0.508 e. The number of aliphatic hydroxyl groups excluding tert-OH is 1. The summed E-state index contributed by atoms with van der Waals surface area (Å²) >= 11 is 0. The Morgan fingerprint density at radius 2 is 1.12 bits per heavy atom. The van der Waals surface area contributed by atoms with Crippen molar-refractivity contribution in [3.63, 3.8) is 0 Å². The summed E-state index contributed by atoms with van der Waals surface area (Å²) in [5.74, 6) is -12.9. The highest BCUT2D eigenvalue weighted by molar-refractivity contribution is 5.99. The number of carbonyl (C=O) groups excluding carboxylic acids is 11. The molecule has 1 fully saturated rings. The Labute approximate surface area is 534 Å². The number of H-pyrrole nitrogens is 2. The molecule has 16 N–H and O–H groups in total. The molecule has 0 spiro atoms. The van der Waals surface area contributed by atoms with Crippen LogP contribution in [0.25, 0.3) is 21.8 Å². The SMILES string of the molecule is CC[C@H](C)[C@H](NC(=O)[C@H](Cc1ccc(O)cc1)NC(=O)[C@H](CCCCNC(C)=O)NC(=O)[C@H](CC(=O)O)NC(=O)[C@H](CO)NC(=O)[C@@H]1CCCN1C(C)=O)C(=O)NCC(=O)NCC(=O)N[C@@H](Cc1c[nH]c2ccccc12)C(=O)N[C@@H](Cc1c[nH]c2ccccc12)C(=O)O. The van der Waals surface area contributed by atoms with E-state index in [4.69, 9.17) is 0 Å². The maximum atomic E-state index is 14.5. The number of nitrogens with zero attached hydrogens (tertiary/aromatic N) is 1. The molecule has 9 atom stereocenters. The predicted molar refractivity (Wildman–Crippen MR) is 335 cm³/mol. The van der Waals surface area contributed by atoms with E-state index in [1.165, 1.54) is 43.0 Å². The van der Waals surface area contributed by atoms with Crippen LogP contribution in [0.2, 0.25) is 0 Å². The van der Waals surface area contributed by atoms with Crippen molar-refractivity contribution in [2.45, 2.75) is 140 Å². The molecule has 0 aliphatic carbocycles. The number of phenolic OH excluding ortho intramolecular Hbond substituents is 1. The highest BCUT2D eigenvalue weighted by atomic mass is 16.4. The predicted octanol–water partition coefficient (Wildman–Crippen LogP) is -1.08. The van der Waals surface area contributed by atoms with Crippen LogP contribution < -0.4 is 53.2 Å². The average Bonchev–Trinajstić information content (AvgIpc) is 1.91. The van der Waals surface area contributed by atoms with Crippen molar-refractivity contribution in [1.29, 1.82) is 0 Å². The molecule has 0 radical (unpaired) electrons. The van der Waals surface area contributed by atoms with Gasteiger partial charge in [0.2, 0.25) is 65.0 Å². The quantitative estimate of drug-likeness (QED) is 0.0215. The van der Waals surface area contributed by atoms with Gasteiger partial charge >= 0.3 is 11.9 Å². The molecular formula is C63H81N13O17. The Kier molecular flexibility index (Phi) is 26.8. The first kappa shape index (κ1) is 71.7. The van der Waals surface area contributed by atoms with Crippen molar-refractivity contribution in [2.75, 3.05) is 32.8 Å². The van der Waals surface area contributed by atoms with E-state index in [1.54, 1.807) is 50.5 Å². The summed E-state index contributed by atoms with van der Waals surface area (Å²) in [6, 6.07) is 8.14. The zero-order valence-corrected chi connectivity index (χ0v) is 51.9.